The average Bonchev–Trinajstić information content (AvgIpc) is 0.718. The van der Waals surface area contributed by atoms with Crippen LogP contribution in [0.5, 0.6) is 0 Å². The van der Waals surface area contributed by atoms with Crippen molar-refractivity contribution in [1.29, 1.82) is 0 Å². The molecule has 0 saturated heterocycles. The number of carbonyl (C=O) groups is 13. The van der Waals surface area contributed by atoms with E-state index in [1.807, 2.05) is 5.32 Å². The molecule has 2 rings (SSSR count). The first-order valence-electron chi connectivity index (χ1n) is 33.6. The van der Waals surface area contributed by atoms with Gasteiger partial charge in [0.1, 0.15) is 48.9 Å². The lowest BCUT2D eigenvalue weighted by Gasteiger charge is -2.49. The van der Waals surface area contributed by atoms with Crippen molar-refractivity contribution in [3.63, 3.8) is 0 Å². The van der Waals surface area contributed by atoms with Crippen molar-refractivity contribution in [3.8, 4) is 0 Å². The fourth-order valence-electron chi connectivity index (χ4n) is 11.2. The second kappa shape index (κ2) is 40.4. The van der Waals surface area contributed by atoms with Gasteiger partial charge in [-0.25, -0.2) is 9.59 Å². The van der Waals surface area contributed by atoms with Crippen molar-refractivity contribution in [1.82, 2.24) is 42.1 Å². The van der Waals surface area contributed by atoms with E-state index in [4.69, 9.17) is 44.9 Å². The van der Waals surface area contributed by atoms with Crippen LogP contribution in [0.4, 0.5) is 10.5 Å². The first kappa shape index (κ1) is 88.9. The summed E-state index contributed by atoms with van der Waals surface area (Å²) in [6.07, 6.45) is -7.51. The van der Waals surface area contributed by atoms with Crippen molar-refractivity contribution in [2.45, 2.75) is 214 Å². The van der Waals surface area contributed by atoms with Crippen LogP contribution in [0.15, 0.2) is 59.6 Å². The topological polar surface area (TPSA) is 594 Å². The van der Waals surface area contributed by atoms with Gasteiger partial charge in [0.05, 0.1) is 49.8 Å². The summed E-state index contributed by atoms with van der Waals surface area (Å²) in [6, 6.07) is -2.64. The first-order valence-corrected chi connectivity index (χ1v) is 33.6. The zero-order chi connectivity index (χ0) is 78.1. The van der Waals surface area contributed by atoms with Gasteiger partial charge in [-0.2, -0.15) is 0 Å². The zero-order valence-corrected chi connectivity index (χ0v) is 60.6. The summed E-state index contributed by atoms with van der Waals surface area (Å²) >= 11 is 0. The number of guanidine groups is 1. The van der Waals surface area contributed by atoms with Gasteiger partial charge in [-0.3, -0.25) is 62.6 Å². The molecule has 2 unspecified atom stereocenters. The summed E-state index contributed by atoms with van der Waals surface area (Å²) in [6.45, 7) is 17.2. The summed E-state index contributed by atoms with van der Waals surface area (Å²) in [5.41, 5.74) is 39.0. The number of nitrogens with zero attached hydrogens (tertiary/aromatic N) is 2. The number of carboxylic acid groups (broad SMARTS) is 1. The van der Waals surface area contributed by atoms with E-state index in [0.29, 0.717) is 11.1 Å². The molecule has 34 heteroatoms. The summed E-state index contributed by atoms with van der Waals surface area (Å²) in [4.78, 5) is 194. The SMILES string of the molecule is CCC(C)[C@H](NC(=O)[C@@H](CCCN=C(N)N)NC(=O)[C@](C(=O)[C@@H](N)CC(C)(C)C)(C(C(=O)[C@@H](N)Cc1cccc(N)c1)C(C)C)N(C(=O)[C@@H](N)[C@H](O)C(C)C)C(=O)[C@@H](CC(C)(C)C)NC(=O)OCc1ccccc1)C(=O)N[C@H](C(=O)NCC(=O)N[C@@H](CC(N)=O)C(=O)N[C@@H](CO)C(=O)O)[C@H](C)O. The summed E-state index contributed by atoms with van der Waals surface area (Å²) < 4.78 is 5.59. The first-order chi connectivity index (χ1) is 47.2. The van der Waals surface area contributed by atoms with Crippen LogP contribution in [0.1, 0.15) is 140 Å². The second-order valence-electron chi connectivity index (χ2n) is 28.6. The molecule has 0 aromatic heterocycles. The fourth-order valence-corrected chi connectivity index (χ4v) is 11.2. The third-order valence-corrected chi connectivity index (χ3v) is 16.5. The van der Waals surface area contributed by atoms with Gasteiger partial charge >= 0.3 is 12.1 Å². The molecule has 0 saturated carbocycles. The minimum Gasteiger partial charge on any atom is -0.480 e. The number of carbonyl (C=O) groups excluding carboxylic acids is 12. The largest absolute Gasteiger partial charge is 0.480 e. The van der Waals surface area contributed by atoms with Crippen LogP contribution in [0.2, 0.25) is 0 Å². The van der Waals surface area contributed by atoms with Gasteiger partial charge < -0.3 is 103 Å². The van der Waals surface area contributed by atoms with Crippen LogP contribution in [0, 0.1) is 34.5 Å². The molecule has 0 spiro atoms. The van der Waals surface area contributed by atoms with Crippen LogP contribution >= 0.6 is 0 Å². The molecule has 2 aromatic carbocycles. The van der Waals surface area contributed by atoms with E-state index in [-0.39, 0.29) is 49.4 Å². The summed E-state index contributed by atoms with van der Waals surface area (Å²) in [7, 11) is 0. The molecule has 0 aliphatic rings. The highest BCUT2D eigenvalue weighted by Crippen LogP contribution is 2.40. The molecule has 0 aliphatic heterocycles. The van der Waals surface area contributed by atoms with E-state index in [1.54, 1.807) is 97.0 Å². The number of imide groups is 1. The number of anilines is 1. The van der Waals surface area contributed by atoms with E-state index < -0.39 is 222 Å². The van der Waals surface area contributed by atoms with Crippen molar-refractivity contribution in [2.24, 2.45) is 73.9 Å². The van der Waals surface area contributed by atoms with Crippen molar-refractivity contribution < 1.29 is 87.5 Å². The maximum atomic E-state index is 17.1. The normalized spacial score (nSPS) is 16.1. The van der Waals surface area contributed by atoms with Crippen molar-refractivity contribution in [3.05, 3.63) is 65.7 Å². The standard InChI is InChI=1S/C68H110N16O18/c1-14-36(6)51(59(95)83-52(37(7)86)58(94)77-31-48(88)78-44(28-47(72)87)57(93)79-46(32-85)62(98)99)82-56(92)43(24-19-25-76-64(74)75)80-63(100)68(55(91)42(71)29-66(8,9)10,49(34(2)3)54(90)41(70)27-39-22-18-23-40(69)26-39)84(61(97)50(73)53(89)35(4)5)60(96)45(30-67(11,12)13)81-65(101)102-33-38-20-16-15-17-21-38/h15-18,20-23,26,34-37,41-46,49-53,85-86,89H,14,19,24-25,27-33,69-71,73H2,1-13H3,(H2,72,87)(H,77,94)(H,78,88)(H,79,93)(H,80,100)(H,81,101)(H,82,92)(H,83,95)(H,98,99)(H4,74,75,76)/t36?,37-,41-,42-,43+,44-,45+,46-,49?,50-,51-,52-,53+,68+/m0/s1. The number of aliphatic hydroxyl groups is 3. The Morgan fingerprint density at radius 2 is 1.22 bits per heavy atom. The number of rotatable bonds is 41. The van der Waals surface area contributed by atoms with E-state index in [9.17, 15) is 54.0 Å². The quantitative estimate of drug-likeness (QED) is 0.0107. The Kier molecular flexibility index (Phi) is 35.2. The Bertz CT molecular complexity index is 3260. The molecular weight excluding hydrogens is 1330 g/mol. The van der Waals surface area contributed by atoms with Crippen molar-refractivity contribution >= 4 is 88.4 Å². The number of nitrogens with one attached hydrogen (secondary N) is 7. The maximum Gasteiger partial charge on any atom is 0.408 e. The van der Waals surface area contributed by atoms with E-state index in [2.05, 4.69) is 36.9 Å². The summed E-state index contributed by atoms with van der Waals surface area (Å²) in [5.74, 6) is -22.3. The minimum atomic E-state index is -3.66. The number of ketones is 2. The van der Waals surface area contributed by atoms with E-state index >= 15 is 28.8 Å². The highest BCUT2D eigenvalue weighted by atomic mass is 16.5. The molecule has 34 nitrogen and oxygen atoms in total. The lowest BCUT2D eigenvalue weighted by atomic mass is 9.65. The van der Waals surface area contributed by atoms with Gasteiger partial charge in [-0.1, -0.05) is 132 Å². The Labute approximate surface area is 594 Å². The number of aliphatic imine (C=N–C) groups is 1. The third-order valence-electron chi connectivity index (χ3n) is 16.5. The molecule has 0 aliphatic carbocycles. The molecule has 0 fully saturated rings. The van der Waals surface area contributed by atoms with E-state index in [0.717, 1.165) is 6.92 Å². The van der Waals surface area contributed by atoms with Crippen LogP contribution < -0.4 is 77.4 Å². The molecule has 2 aromatic rings. The van der Waals surface area contributed by atoms with Gasteiger partial charge in [-0.05, 0) is 90.9 Å². The maximum absolute atomic E-state index is 17.1. The molecule has 0 bridgehead atoms. The van der Waals surface area contributed by atoms with Gasteiger partial charge in [-0.15, -0.1) is 0 Å². The Hall–Kier alpha value is -9.22. The number of primary amides is 1. The van der Waals surface area contributed by atoms with Gasteiger partial charge in [0, 0.05) is 12.2 Å². The molecule has 0 heterocycles. The average molecular weight is 1440 g/mol. The van der Waals surface area contributed by atoms with Crippen LogP contribution in [-0.2, 0) is 75.3 Å². The lowest BCUT2D eigenvalue weighted by molar-refractivity contribution is -0.174. The number of carboxylic acids is 1. The number of amides is 10. The Morgan fingerprint density at radius 1 is 0.637 bits per heavy atom. The molecule has 0 radical (unpaired) electrons. The molecule has 25 N–H and O–H groups in total. The van der Waals surface area contributed by atoms with Gasteiger partial charge in [0.15, 0.2) is 23.1 Å². The number of nitrogens with two attached hydrogens (primary N) is 7. The number of aliphatic carboxylic acids is 1. The zero-order valence-electron chi connectivity index (χ0n) is 60.6. The highest BCUT2D eigenvalue weighted by molar-refractivity contribution is 6.23. The lowest BCUT2D eigenvalue weighted by Crippen LogP contribution is -2.79. The number of ether oxygens (including phenoxy) is 1. The molecule has 14 atom stereocenters. The van der Waals surface area contributed by atoms with Crippen LogP contribution in [0.3, 0.4) is 0 Å². The monoisotopic (exact) mass is 1440 g/mol. The number of nitrogen functional groups attached to an aromatic ring is 1. The van der Waals surface area contributed by atoms with Crippen LogP contribution in [0.25, 0.3) is 0 Å². The number of benzene rings is 2. The summed E-state index contributed by atoms with van der Waals surface area (Å²) in [5, 5.41) is 57.7. The smallest absolute Gasteiger partial charge is 0.408 e. The Morgan fingerprint density at radius 3 is 1.73 bits per heavy atom. The van der Waals surface area contributed by atoms with Crippen LogP contribution in [-0.4, -0.2) is 200 Å². The Balaban J connectivity index is 3.25. The third kappa shape index (κ3) is 27.3. The predicted molar refractivity (Wildman–Crippen MR) is 376 cm³/mol. The number of aliphatic hydroxyl groups excluding tert-OH is 3. The minimum absolute atomic E-state index is 0.0830. The molecule has 10 amide bonds. The number of alkyl carbamates (subject to hydrolysis) is 1. The number of Topliss-reactive ketones (excluding diaryl/α,β-unsaturated/α-hetero) is 2. The van der Waals surface area contributed by atoms with Gasteiger partial charge in [0.2, 0.25) is 41.4 Å². The predicted octanol–water partition coefficient (Wildman–Crippen LogP) is -2.55. The van der Waals surface area contributed by atoms with Crippen molar-refractivity contribution in [2.75, 3.05) is 25.4 Å². The fraction of sp³-hybridized carbons (Fsp3) is 0.618. The molecule has 102 heavy (non-hydrogen) atoms. The second-order valence-corrected chi connectivity index (χ2v) is 28.6. The van der Waals surface area contributed by atoms with E-state index in [1.165, 1.54) is 40.7 Å². The number of hydrogen-bond donors (Lipinski definition) is 18. The van der Waals surface area contributed by atoms with Gasteiger partial charge in [0.25, 0.3) is 11.8 Å². The molecular formula is C68H110N16O18. The highest BCUT2D eigenvalue weighted by Gasteiger charge is 2.66. The molecule has 570 valence electrons. The number of hydrogen-bond acceptors (Lipinski definition) is 22.